The molecule has 1 aliphatic heterocycles. The lowest BCUT2D eigenvalue weighted by atomic mass is 10.2. The molecule has 0 fully saturated rings. The molecule has 3 rings (SSSR count). The first-order chi connectivity index (χ1) is 10.9. The van der Waals surface area contributed by atoms with Crippen LogP contribution >= 0.6 is 23.2 Å². The van der Waals surface area contributed by atoms with Crippen LogP contribution in [0.4, 0.5) is 11.4 Å². The van der Waals surface area contributed by atoms with Crippen LogP contribution in [0.25, 0.3) is 0 Å². The van der Waals surface area contributed by atoms with Gasteiger partial charge in [-0.2, -0.15) is 0 Å². The quantitative estimate of drug-likeness (QED) is 0.861. The van der Waals surface area contributed by atoms with E-state index in [1.54, 1.807) is 37.3 Å². The molecule has 2 aromatic rings. The summed E-state index contributed by atoms with van der Waals surface area (Å²) in [5.74, 6) is -0.0515. The van der Waals surface area contributed by atoms with Crippen LogP contribution in [-0.4, -0.2) is 17.9 Å². The summed E-state index contributed by atoms with van der Waals surface area (Å²) in [6, 6.07) is 9.63. The predicted molar refractivity (Wildman–Crippen MR) is 89.6 cm³/mol. The van der Waals surface area contributed by atoms with Gasteiger partial charge in [-0.1, -0.05) is 23.2 Å². The van der Waals surface area contributed by atoms with E-state index in [0.29, 0.717) is 27.7 Å². The van der Waals surface area contributed by atoms with E-state index in [9.17, 15) is 9.59 Å². The highest BCUT2D eigenvalue weighted by atomic mass is 35.5. The number of amides is 2. The van der Waals surface area contributed by atoms with Gasteiger partial charge in [0.15, 0.2) is 6.10 Å². The van der Waals surface area contributed by atoms with Crippen LogP contribution in [0.15, 0.2) is 36.4 Å². The zero-order valence-corrected chi connectivity index (χ0v) is 13.5. The van der Waals surface area contributed by atoms with Crippen molar-refractivity contribution in [2.75, 3.05) is 10.6 Å². The zero-order chi connectivity index (χ0) is 16.6. The third kappa shape index (κ3) is 3.25. The predicted octanol–water partition coefficient (Wildman–Crippen LogP) is 3.97. The molecule has 0 radical (unpaired) electrons. The van der Waals surface area contributed by atoms with E-state index in [-0.39, 0.29) is 16.8 Å². The summed E-state index contributed by atoms with van der Waals surface area (Å²) in [5.41, 5.74) is 1.33. The highest BCUT2D eigenvalue weighted by Gasteiger charge is 2.23. The first kappa shape index (κ1) is 15.6. The summed E-state index contributed by atoms with van der Waals surface area (Å²) < 4.78 is 5.46. The molecule has 2 aromatic carbocycles. The van der Waals surface area contributed by atoms with Gasteiger partial charge in [0.2, 0.25) is 0 Å². The largest absolute Gasteiger partial charge is 0.479 e. The van der Waals surface area contributed by atoms with Gasteiger partial charge >= 0.3 is 0 Å². The SMILES string of the molecule is C[C@@H]1Oc2ccc(NC(=O)c3ccc(Cl)cc3Cl)cc2NC1=O. The minimum absolute atomic E-state index is 0.235. The lowest BCUT2D eigenvalue weighted by Gasteiger charge is -2.23. The number of fused-ring (bicyclic) bond motifs is 1. The number of benzene rings is 2. The number of hydrogen-bond donors (Lipinski definition) is 2. The highest BCUT2D eigenvalue weighted by Crippen LogP contribution is 2.32. The first-order valence-corrected chi connectivity index (χ1v) is 7.57. The summed E-state index contributed by atoms with van der Waals surface area (Å²) in [6.07, 6.45) is -0.546. The molecule has 0 unspecified atom stereocenters. The molecule has 0 spiro atoms. The van der Waals surface area contributed by atoms with Gasteiger partial charge in [0.1, 0.15) is 5.75 Å². The molecular formula is C16H12Cl2N2O3. The van der Waals surface area contributed by atoms with Crippen molar-refractivity contribution in [1.82, 2.24) is 0 Å². The maximum absolute atomic E-state index is 12.3. The minimum atomic E-state index is -0.546. The average molecular weight is 351 g/mol. The Balaban J connectivity index is 1.82. The van der Waals surface area contributed by atoms with E-state index in [1.807, 2.05) is 0 Å². The number of anilines is 2. The third-order valence-electron chi connectivity index (χ3n) is 3.34. The van der Waals surface area contributed by atoms with E-state index in [4.69, 9.17) is 27.9 Å². The van der Waals surface area contributed by atoms with Crippen LogP contribution in [0.2, 0.25) is 10.0 Å². The Morgan fingerprint density at radius 1 is 1.22 bits per heavy atom. The monoisotopic (exact) mass is 350 g/mol. The molecule has 118 valence electrons. The molecule has 1 heterocycles. The number of rotatable bonds is 2. The summed E-state index contributed by atoms with van der Waals surface area (Å²) in [7, 11) is 0. The lowest BCUT2D eigenvalue weighted by Crippen LogP contribution is -2.34. The Morgan fingerprint density at radius 2 is 2.00 bits per heavy atom. The summed E-state index contributed by atoms with van der Waals surface area (Å²) >= 11 is 11.8. The second kappa shape index (κ2) is 6.10. The summed E-state index contributed by atoms with van der Waals surface area (Å²) in [6.45, 7) is 1.66. The molecule has 1 atom stereocenters. The van der Waals surface area contributed by atoms with Crippen LogP contribution in [0.1, 0.15) is 17.3 Å². The Morgan fingerprint density at radius 3 is 2.74 bits per heavy atom. The van der Waals surface area contributed by atoms with E-state index >= 15 is 0 Å². The maximum Gasteiger partial charge on any atom is 0.265 e. The van der Waals surface area contributed by atoms with Crippen LogP contribution in [0, 0.1) is 0 Å². The molecule has 7 heteroatoms. The van der Waals surface area contributed by atoms with Crippen molar-refractivity contribution in [3.63, 3.8) is 0 Å². The molecular weight excluding hydrogens is 339 g/mol. The van der Waals surface area contributed by atoms with E-state index in [2.05, 4.69) is 10.6 Å². The van der Waals surface area contributed by atoms with Crippen LogP contribution < -0.4 is 15.4 Å². The standard InChI is InChI=1S/C16H12Cl2N2O3/c1-8-15(21)20-13-7-10(3-5-14(13)23-8)19-16(22)11-4-2-9(17)6-12(11)18/h2-8H,1H3,(H,19,22)(H,20,21)/t8-/m0/s1. The maximum atomic E-state index is 12.3. The summed E-state index contributed by atoms with van der Waals surface area (Å²) in [5, 5.41) is 6.16. The molecule has 0 bridgehead atoms. The van der Waals surface area contributed by atoms with Crippen molar-refractivity contribution >= 4 is 46.4 Å². The summed E-state index contributed by atoms with van der Waals surface area (Å²) in [4.78, 5) is 23.9. The average Bonchev–Trinajstić information content (AvgIpc) is 2.48. The molecule has 23 heavy (non-hydrogen) atoms. The van der Waals surface area contributed by atoms with Crippen LogP contribution in [-0.2, 0) is 4.79 Å². The van der Waals surface area contributed by atoms with Crippen molar-refractivity contribution in [2.45, 2.75) is 13.0 Å². The van der Waals surface area contributed by atoms with Crippen molar-refractivity contribution in [2.24, 2.45) is 0 Å². The molecule has 0 aromatic heterocycles. The van der Waals surface area contributed by atoms with Crippen LogP contribution in [0.5, 0.6) is 5.75 Å². The second-order valence-corrected chi connectivity index (χ2v) is 5.88. The molecule has 5 nitrogen and oxygen atoms in total. The lowest BCUT2D eigenvalue weighted by molar-refractivity contribution is -0.122. The van der Waals surface area contributed by atoms with Gasteiger partial charge in [0.05, 0.1) is 16.3 Å². The Hall–Kier alpha value is -2.24. The van der Waals surface area contributed by atoms with E-state index in [0.717, 1.165) is 0 Å². The fraction of sp³-hybridized carbons (Fsp3) is 0.125. The third-order valence-corrected chi connectivity index (χ3v) is 3.89. The number of nitrogens with one attached hydrogen (secondary N) is 2. The Bertz CT molecular complexity index is 808. The number of halogens is 2. The van der Waals surface area contributed by atoms with Gasteiger partial charge < -0.3 is 15.4 Å². The van der Waals surface area contributed by atoms with Gasteiger partial charge in [-0.25, -0.2) is 0 Å². The van der Waals surface area contributed by atoms with Crippen molar-refractivity contribution in [3.05, 3.63) is 52.0 Å². The number of carbonyl (C=O) groups excluding carboxylic acids is 2. The van der Waals surface area contributed by atoms with E-state index in [1.165, 1.54) is 6.07 Å². The molecule has 0 saturated heterocycles. The molecule has 2 amide bonds. The minimum Gasteiger partial charge on any atom is -0.479 e. The fourth-order valence-electron chi connectivity index (χ4n) is 2.16. The second-order valence-electron chi connectivity index (χ2n) is 5.04. The molecule has 0 aliphatic carbocycles. The fourth-order valence-corrected chi connectivity index (χ4v) is 2.65. The van der Waals surface area contributed by atoms with Crippen LogP contribution in [0.3, 0.4) is 0 Å². The van der Waals surface area contributed by atoms with Gasteiger partial charge in [0.25, 0.3) is 11.8 Å². The first-order valence-electron chi connectivity index (χ1n) is 6.82. The van der Waals surface area contributed by atoms with Gasteiger partial charge in [-0.15, -0.1) is 0 Å². The van der Waals surface area contributed by atoms with E-state index < -0.39 is 6.10 Å². The zero-order valence-electron chi connectivity index (χ0n) is 12.0. The molecule has 1 aliphatic rings. The Kier molecular flexibility index (Phi) is 4.15. The highest BCUT2D eigenvalue weighted by molar-refractivity contribution is 6.37. The number of ether oxygens (including phenoxy) is 1. The van der Waals surface area contributed by atoms with Gasteiger partial charge in [-0.3, -0.25) is 9.59 Å². The smallest absolute Gasteiger partial charge is 0.265 e. The van der Waals surface area contributed by atoms with Crippen molar-refractivity contribution in [3.8, 4) is 5.75 Å². The van der Waals surface area contributed by atoms with Crippen molar-refractivity contribution < 1.29 is 14.3 Å². The number of carbonyl (C=O) groups is 2. The topological polar surface area (TPSA) is 67.4 Å². The van der Waals surface area contributed by atoms with Crippen molar-refractivity contribution in [1.29, 1.82) is 0 Å². The Labute approximate surface area is 142 Å². The normalized spacial score (nSPS) is 16.1. The molecule has 2 N–H and O–H groups in total. The van der Waals surface area contributed by atoms with Gasteiger partial charge in [-0.05, 0) is 43.3 Å². The number of hydrogen-bond acceptors (Lipinski definition) is 3. The molecule has 0 saturated carbocycles. The van der Waals surface area contributed by atoms with Gasteiger partial charge in [0, 0.05) is 10.7 Å².